The first-order valence-corrected chi connectivity index (χ1v) is 11.9. The van der Waals surface area contributed by atoms with Crippen molar-refractivity contribution in [3.8, 4) is 5.75 Å². The lowest BCUT2D eigenvalue weighted by Crippen LogP contribution is -2.55. The van der Waals surface area contributed by atoms with E-state index in [0.717, 1.165) is 12.8 Å². The Hall–Kier alpha value is -3.39. The summed E-state index contributed by atoms with van der Waals surface area (Å²) >= 11 is 6.43. The maximum atomic E-state index is 13.2. The Morgan fingerprint density at radius 2 is 1.86 bits per heavy atom. The molecule has 1 aliphatic carbocycles. The van der Waals surface area contributed by atoms with E-state index in [9.17, 15) is 19.2 Å². The first-order chi connectivity index (χ1) is 16.8. The van der Waals surface area contributed by atoms with Gasteiger partial charge in [0.05, 0.1) is 12.1 Å². The average molecular weight is 499 g/mol. The molecule has 1 saturated carbocycles. The number of esters is 1. The number of fused-ring (bicyclic) bond motifs is 1. The van der Waals surface area contributed by atoms with Crippen LogP contribution in [0.2, 0.25) is 5.02 Å². The van der Waals surface area contributed by atoms with Crippen molar-refractivity contribution in [2.75, 3.05) is 31.7 Å². The van der Waals surface area contributed by atoms with E-state index in [-0.39, 0.29) is 31.3 Å². The molecule has 0 N–H and O–H groups in total. The highest BCUT2D eigenvalue weighted by molar-refractivity contribution is 6.31. The third-order valence-electron chi connectivity index (χ3n) is 6.62. The van der Waals surface area contributed by atoms with Gasteiger partial charge >= 0.3 is 5.97 Å². The number of carbonyl (C=O) groups is 4. The minimum absolute atomic E-state index is 0.0801. The zero-order valence-electron chi connectivity index (χ0n) is 19.5. The molecule has 8 nitrogen and oxygen atoms in total. The maximum absolute atomic E-state index is 13.2. The van der Waals surface area contributed by atoms with Gasteiger partial charge in [0.15, 0.2) is 19.0 Å². The zero-order chi connectivity index (χ0) is 25.0. The number of likely N-dealkylation sites (N-methyl/N-ethyl adjacent to an activating group) is 1. The number of anilines is 1. The molecule has 2 aromatic rings. The molecule has 4 rings (SSSR count). The van der Waals surface area contributed by atoms with Gasteiger partial charge in [-0.1, -0.05) is 41.9 Å². The normalized spacial score (nSPS) is 19.5. The molecule has 1 atom stereocenters. The van der Waals surface area contributed by atoms with Gasteiger partial charge in [-0.2, -0.15) is 0 Å². The topological polar surface area (TPSA) is 93.2 Å². The molecule has 2 amide bonds. The Kier molecular flexibility index (Phi) is 7.40. The summed E-state index contributed by atoms with van der Waals surface area (Å²) in [6, 6.07) is 14.1. The number of para-hydroxylation sites is 2. The Balaban J connectivity index is 1.40. The van der Waals surface area contributed by atoms with Crippen molar-refractivity contribution in [3.63, 3.8) is 0 Å². The lowest BCUT2D eigenvalue weighted by atomic mass is 9.74. The molecule has 0 bridgehead atoms. The first kappa shape index (κ1) is 24.7. The van der Waals surface area contributed by atoms with E-state index in [1.807, 2.05) is 0 Å². The fourth-order valence-corrected chi connectivity index (χ4v) is 5.05. The number of ether oxygens (including phenoxy) is 2. The number of ketones is 1. The van der Waals surface area contributed by atoms with Crippen molar-refractivity contribution < 1.29 is 28.7 Å². The third-order valence-corrected chi connectivity index (χ3v) is 6.95. The van der Waals surface area contributed by atoms with Crippen molar-refractivity contribution in [1.82, 2.24) is 4.90 Å². The number of halogens is 1. The zero-order valence-corrected chi connectivity index (χ0v) is 20.3. The third kappa shape index (κ3) is 4.89. The van der Waals surface area contributed by atoms with Crippen molar-refractivity contribution in [1.29, 1.82) is 0 Å². The summed E-state index contributed by atoms with van der Waals surface area (Å²) < 4.78 is 10.6. The van der Waals surface area contributed by atoms with Crippen molar-refractivity contribution in [2.24, 2.45) is 0 Å². The Bertz CT molecular complexity index is 1150. The molecular weight excluding hydrogens is 472 g/mol. The highest BCUT2D eigenvalue weighted by Gasteiger charge is 2.48. The quantitative estimate of drug-likeness (QED) is 0.542. The van der Waals surface area contributed by atoms with Gasteiger partial charge in [-0.15, -0.1) is 0 Å². The van der Waals surface area contributed by atoms with E-state index >= 15 is 0 Å². The van der Waals surface area contributed by atoms with Gasteiger partial charge in [-0.3, -0.25) is 19.2 Å². The molecule has 35 heavy (non-hydrogen) atoms. The molecule has 184 valence electrons. The maximum Gasteiger partial charge on any atom is 0.308 e. The molecule has 9 heteroatoms. The average Bonchev–Trinajstić information content (AvgIpc) is 2.87. The summed E-state index contributed by atoms with van der Waals surface area (Å²) in [5.41, 5.74) is -0.0211. The summed E-state index contributed by atoms with van der Waals surface area (Å²) in [7, 11) is 1.55. The van der Waals surface area contributed by atoms with Gasteiger partial charge in [0.1, 0.15) is 11.3 Å². The second kappa shape index (κ2) is 10.5. The van der Waals surface area contributed by atoms with Crippen LogP contribution in [0.3, 0.4) is 0 Å². The first-order valence-electron chi connectivity index (χ1n) is 11.6. The second-order valence-electron chi connectivity index (χ2n) is 8.64. The van der Waals surface area contributed by atoms with Crippen LogP contribution in [-0.2, 0) is 29.5 Å². The van der Waals surface area contributed by atoms with Crippen LogP contribution in [0.1, 0.15) is 37.7 Å². The molecular formula is C26H27ClN2O6. The van der Waals surface area contributed by atoms with Gasteiger partial charge in [0, 0.05) is 30.6 Å². The molecule has 1 heterocycles. The van der Waals surface area contributed by atoms with E-state index in [1.54, 1.807) is 55.6 Å². The van der Waals surface area contributed by atoms with Crippen LogP contribution < -0.4 is 9.64 Å². The molecule has 0 spiro atoms. The van der Waals surface area contributed by atoms with Crippen molar-refractivity contribution in [2.45, 2.75) is 37.6 Å². The van der Waals surface area contributed by atoms with Crippen molar-refractivity contribution in [3.05, 3.63) is 59.1 Å². The number of benzene rings is 2. The van der Waals surface area contributed by atoms with Gasteiger partial charge < -0.3 is 19.3 Å². The van der Waals surface area contributed by atoms with Gasteiger partial charge in [-0.25, -0.2) is 0 Å². The minimum atomic E-state index is -1.19. The van der Waals surface area contributed by atoms with Crippen LogP contribution in [0.4, 0.5) is 5.69 Å². The molecule has 2 aliphatic rings. The fraction of sp³-hybridized carbons (Fsp3) is 0.385. The van der Waals surface area contributed by atoms with Crippen LogP contribution in [0, 0.1) is 0 Å². The lowest BCUT2D eigenvalue weighted by Gasteiger charge is -2.43. The molecule has 1 aliphatic heterocycles. The van der Waals surface area contributed by atoms with E-state index in [1.165, 1.54) is 9.80 Å². The molecule has 0 aromatic heterocycles. The van der Waals surface area contributed by atoms with E-state index in [4.69, 9.17) is 21.1 Å². The van der Waals surface area contributed by atoms with Crippen LogP contribution in [0.15, 0.2) is 48.5 Å². The van der Waals surface area contributed by atoms with Crippen molar-refractivity contribution >= 4 is 40.9 Å². The van der Waals surface area contributed by atoms with E-state index in [2.05, 4.69) is 0 Å². The summed E-state index contributed by atoms with van der Waals surface area (Å²) in [5, 5.41) is 0.412. The number of carbonyl (C=O) groups excluding carboxylic acids is 4. The SMILES string of the molecule is CN(C(=O)COC(=O)CCN1C(=O)COc2ccccc21)C1(c2ccccc2Cl)CCCCC1=O. The van der Waals surface area contributed by atoms with Gasteiger partial charge in [0.25, 0.3) is 11.8 Å². The fourth-order valence-electron chi connectivity index (χ4n) is 4.76. The van der Waals surface area contributed by atoms with Gasteiger partial charge in [-0.05, 0) is 37.5 Å². The molecule has 1 fully saturated rings. The summed E-state index contributed by atoms with van der Waals surface area (Å²) in [6.45, 7) is -0.514. The van der Waals surface area contributed by atoms with Crippen LogP contribution >= 0.6 is 11.6 Å². The van der Waals surface area contributed by atoms with Crippen LogP contribution in [-0.4, -0.2) is 55.3 Å². The summed E-state index contributed by atoms with van der Waals surface area (Å²) in [4.78, 5) is 53.8. The van der Waals surface area contributed by atoms with E-state index < -0.39 is 24.0 Å². The number of nitrogens with zero attached hydrogens (tertiary/aromatic N) is 2. The van der Waals surface area contributed by atoms with E-state index in [0.29, 0.717) is 34.9 Å². The number of Topliss-reactive ketones (excluding diaryl/α,β-unsaturated/α-hetero) is 1. The summed E-state index contributed by atoms with van der Waals surface area (Å²) in [6.07, 6.45) is 2.22. The Morgan fingerprint density at radius 3 is 2.63 bits per heavy atom. The minimum Gasteiger partial charge on any atom is -0.482 e. The number of rotatable bonds is 7. The number of hydrogen-bond donors (Lipinski definition) is 0. The predicted molar refractivity (Wildman–Crippen MR) is 129 cm³/mol. The second-order valence-corrected chi connectivity index (χ2v) is 9.04. The standard InChI is InChI=1S/C26H27ClN2O6/c1-28(26(14-7-6-12-22(26)30)18-8-2-3-9-19(18)27)23(31)16-35-25(33)13-15-29-20-10-4-5-11-21(20)34-17-24(29)32/h2-5,8-11H,6-7,12-17H2,1H3. The molecule has 1 unspecified atom stereocenters. The van der Waals surface area contributed by atoms with Crippen LogP contribution in [0.5, 0.6) is 5.75 Å². The molecule has 0 saturated heterocycles. The smallest absolute Gasteiger partial charge is 0.308 e. The van der Waals surface area contributed by atoms with Crippen LogP contribution in [0.25, 0.3) is 0 Å². The largest absolute Gasteiger partial charge is 0.482 e. The molecule has 0 radical (unpaired) electrons. The number of hydrogen-bond acceptors (Lipinski definition) is 6. The van der Waals surface area contributed by atoms with Gasteiger partial charge in [0.2, 0.25) is 0 Å². The summed E-state index contributed by atoms with van der Waals surface area (Å²) in [5.74, 6) is -0.890. The lowest BCUT2D eigenvalue weighted by molar-refractivity contribution is -0.157. The number of amides is 2. The predicted octanol–water partition coefficient (Wildman–Crippen LogP) is 3.50. The Labute approximate surface area is 208 Å². The Morgan fingerprint density at radius 1 is 1.11 bits per heavy atom. The highest BCUT2D eigenvalue weighted by Crippen LogP contribution is 2.42. The monoisotopic (exact) mass is 498 g/mol. The highest BCUT2D eigenvalue weighted by atomic mass is 35.5. The molecule has 2 aromatic carbocycles.